The molecule has 1 fully saturated rings. The second-order valence-electron chi connectivity index (χ2n) is 8.82. The Balaban J connectivity index is 1.39. The summed E-state index contributed by atoms with van der Waals surface area (Å²) in [6.45, 7) is 3.23. The van der Waals surface area contributed by atoms with Gasteiger partial charge in [0, 0.05) is 10.6 Å². The van der Waals surface area contributed by atoms with Crippen LogP contribution in [0.5, 0.6) is 0 Å². The zero-order chi connectivity index (χ0) is 19.2. The molecule has 3 aliphatic rings. The van der Waals surface area contributed by atoms with Crippen molar-refractivity contribution in [2.75, 3.05) is 18.4 Å². The summed E-state index contributed by atoms with van der Waals surface area (Å²) in [5.41, 5.74) is 5.70. The average Bonchev–Trinajstić information content (AvgIpc) is 3.44. The normalized spacial score (nSPS) is 18.9. The molecule has 1 N–H and O–H groups in total. The third-order valence-corrected chi connectivity index (χ3v) is 7.97. The number of fused-ring (bicyclic) bond motifs is 4. The zero-order valence-corrected chi connectivity index (χ0v) is 17.8. The molecule has 29 heavy (non-hydrogen) atoms. The molecular formula is C24H28N4S. The molecular weight excluding hydrogens is 376 g/mol. The molecule has 150 valence electrons. The lowest BCUT2D eigenvalue weighted by Gasteiger charge is -2.25. The Hall–Kier alpha value is -1.98. The topological polar surface area (TPSA) is 41.1 Å². The molecule has 1 aromatic carbocycles. The number of rotatable bonds is 4. The quantitative estimate of drug-likeness (QED) is 0.632. The third-order valence-electron chi connectivity index (χ3n) is 6.79. The van der Waals surface area contributed by atoms with E-state index in [0.29, 0.717) is 0 Å². The van der Waals surface area contributed by atoms with Crippen molar-refractivity contribution in [2.24, 2.45) is 0 Å². The highest BCUT2D eigenvalue weighted by atomic mass is 32.1. The number of aromatic nitrogens is 2. The fourth-order valence-electron chi connectivity index (χ4n) is 5.30. The fourth-order valence-corrected chi connectivity index (χ4v) is 6.59. The molecule has 3 heterocycles. The van der Waals surface area contributed by atoms with Crippen LogP contribution in [0.1, 0.15) is 59.5 Å². The molecule has 1 aliphatic heterocycles. The van der Waals surface area contributed by atoms with Crippen LogP contribution >= 0.6 is 11.3 Å². The van der Waals surface area contributed by atoms with Crippen LogP contribution in [0.3, 0.4) is 0 Å². The molecule has 4 nitrogen and oxygen atoms in total. The number of anilines is 2. The molecule has 0 amide bonds. The number of thiophene rings is 1. The van der Waals surface area contributed by atoms with Crippen molar-refractivity contribution in [3.8, 4) is 0 Å². The second kappa shape index (κ2) is 7.37. The Morgan fingerprint density at radius 2 is 1.76 bits per heavy atom. The first-order valence-corrected chi connectivity index (χ1v) is 12.1. The maximum Gasteiger partial charge on any atom is 0.146 e. The van der Waals surface area contributed by atoms with Crippen molar-refractivity contribution >= 4 is 33.1 Å². The minimum absolute atomic E-state index is 0.872. The lowest BCUT2D eigenvalue weighted by atomic mass is 10.1. The van der Waals surface area contributed by atoms with Crippen LogP contribution < -0.4 is 5.32 Å². The summed E-state index contributed by atoms with van der Waals surface area (Å²) >= 11 is 1.90. The zero-order valence-electron chi connectivity index (χ0n) is 17.0. The molecule has 2 aliphatic carbocycles. The van der Waals surface area contributed by atoms with Crippen molar-refractivity contribution in [1.29, 1.82) is 0 Å². The molecule has 6 rings (SSSR count). The van der Waals surface area contributed by atoms with Gasteiger partial charge in [-0.15, -0.1) is 11.3 Å². The molecule has 0 atom stereocenters. The van der Waals surface area contributed by atoms with E-state index in [1.807, 2.05) is 11.3 Å². The number of hydrogen-bond donors (Lipinski definition) is 1. The van der Waals surface area contributed by atoms with Gasteiger partial charge in [0.1, 0.15) is 16.5 Å². The lowest BCUT2D eigenvalue weighted by molar-refractivity contribution is 0.216. The van der Waals surface area contributed by atoms with Gasteiger partial charge < -0.3 is 5.32 Å². The summed E-state index contributed by atoms with van der Waals surface area (Å²) in [6, 6.07) is 6.87. The van der Waals surface area contributed by atoms with Gasteiger partial charge in [0.05, 0.1) is 11.9 Å². The van der Waals surface area contributed by atoms with Gasteiger partial charge >= 0.3 is 0 Å². The summed E-state index contributed by atoms with van der Waals surface area (Å²) in [4.78, 5) is 15.3. The van der Waals surface area contributed by atoms with E-state index in [-0.39, 0.29) is 0 Å². The largest absolute Gasteiger partial charge is 0.340 e. The van der Waals surface area contributed by atoms with Crippen LogP contribution in [0.2, 0.25) is 0 Å². The summed E-state index contributed by atoms with van der Waals surface area (Å²) in [7, 11) is 0. The number of aryl methyl sites for hydroxylation is 4. The smallest absolute Gasteiger partial charge is 0.146 e. The number of likely N-dealkylation sites (tertiary alicyclic amines) is 1. The molecule has 0 unspecified atom stereocenters. The Bertz CT molecular complexity index is 1060. The predicted molar refractivity (Wildman–Crippen MR) is 120 cm³/mol. The Morgan fingerprint density at radius 3 is 2.69 bits per heavy atom. The van der Waals surface area contributed by atoms with Gasteiger partial charge in [-0.1, -0.05) is 12.5 Å². The molecule has 3 aromatic rings. The first-order valence-electron chi connectivity index (χ1n) is 11.3. The summed E-state index contributed by atoms with van der Waals surface area (Å²) in [5, 5.41) is 4.99. The maximum atomic E-state index is 5.08. The second-order valence-corrected chi connectivity index (χ2v) is 9.91. The molecule has 0 spiro atoms. The van der Waals surface area contributed by atoms with E-state index in [1.54, 1.807) is 0 Å². The standard InChI is InChI=1S/C24H28N4S/c1-2-12-28(13-3-1)15-21-26-23(22-19-8-5-9-20(19)29-24(22)27-21)25-18-11-10-16-6-4-7-17(16)14-18/h10-11,14H,1-9,12-13,15H2,(H,25,26,27). The van der Waals surface area contributed by atoms with Gasteiger partial charge in [-0.25, -0.2) is 9.97 Å². The van der Waals surface area contributed by atoms with Gasteiger partial charge in [-0.05, 0) is 93.3 Å². The SMILES string of the molecule is c1cc2c(cc1Nc1nc(CN3CCCCC3)nc3sc4c(c13)CCC4)CCC2. The number of hydrogen-bond acceptors (Lipinski definition) is 5. The van der Waals surface area contributed by atoms with E-state index in [0.717, 1.165) is 18.2 Å². The van der Waals surface area contributed by atoms with Crippen LogP contribution in [0.15, 0.2) is 18.2 Å². The highest BCUT2D eigenvalue weighted by Gasteiger charge is 2.23. The van der Waals surface area contributed by atoms with Gasteiger partial charge in [0.15, 0.2) is 0 Å². The molecule has 0 bridgehead atoms. The van der Waals surface area contributed by atoms with Crippen molar-refractivity contribution in [2.45, 2.75) is 64.3 Å². The fraction of sp³-hybridized carbons (Fsp3) is 0.500. The highest BCUT2D eigenvalue weighted by molar-refractivity contribution is 7.19. The van der Waals surface area contributed by atoms with Gasteiger partial charge in [0.25, 0.3) is 0 Å². The molecule has 2 aromatic heterocycles. The Labute approximate surface area is 176 Å². The molecule has 0 radical (unpaired) electrons. The van der Waals surface area contributed by atoms with Gasteiger partial charge in [-0.2, -0.15) is 0 Å². The predicted octanol–water partition coefficient (Wildman–Crippen LogP) is 5.40. The maximum absolute atomic E-state index is 5.08. The van der Waals surface area contributed by atoms with Crippen LogP contribution in [-0.2, 0) is 32.2 Å². The van der Waals surface area contributed by atoms with Crippen molar-refractivity contribution in [1.82, 2.24) is 14.9 Å². The third kappa shape index (κ3) is 3.34. The van der Waals surface area contributed by atoms with Crippen LogP contribution in [0.4, 0.5) is 11.5 Å². The lowest BCUT2D eigenvalue weighted by Crippen LogP contribution is -2.29. The van der Waals surface area contributed by atoms with E-state index in [9.17, 15) is 0 Å². The van der Waals surface area contributed by atoms with E-state index in [1.165, 1.54) is 108 Å². The summed E-state index contributed by atoms with van der Waals surface area (Å²) in [6.07, 6.45) is 11.3. The Kier molecular flexibility index (Phi) is 4.53. The first kappa shape index (κ1) is 17.8. The first-order chi connectivity index (χ1) is 14.3. The van der Waals surface area contributed by atoms with E-state index in [4.69, 9.17) is 9.97 Å². The molecule has 5 heteroatoms. The van der Waals surface area contributed by atoms with Crippen LogP contribution in [0, 0.1) is 0 Å². The minimum Gasteiger partial charge on any atom is -0.340 e. The Morgan fingerprint density at radius 1 is 0.897 bits per heavy atom. The van der Waals surface area contributed by atoms with Crippen molar-refractivity contribution in [3.05, 3.63) is 45.6 Å². The van der Waals surface area contributed by atoms with Crippen molar-refractivity contribution < 1.29 is 0 Å². The highest BCUT2D eigenvalue weighted by Crippen LogP contribution is 2.40. The number of benzene rings is 1. The van der Waals surface area contributed by atoms with Gasteiger partial charge in [0.2, 0.25) is 0 Å². The van der Waals surface area contributed by atoms with Crippen LogP contribution in [-0.4, -0.2) is 28.0 Å². The van der Waals surface area contributed by atoms with E-state index < -0.39 is 0 Å². The minimum atomic E-state index is 0.872. The van der Waals surface area contributed by atoms with Crippen LogP contribution in [0.25, 0.3) is 10.2 Å². The summed E-state index contributed by atoms with van der Waals surface area (Å²) in [5.74, 6) is 2.00. The average molecular weight is 405 g/mol. The van der Waals surface area contributed by atoms with Crippen molar-refractivity contribution in [3.63, 3.8) is 0 Å². The molecule has 1 saturated heterocycles. The number of nitrogens with one attached hydrogen (secondary N) is 1. The van der Waals surface area contributed by atoms with E-state index >= 15 is 0 Å². The number of nitrogens with zero attached hydrogens (tertiary/aromatic N) is 3. The van der Waals surface area contributed by atoms with Gasteiger partial charge in [-0.3, -0.25) is 4.90 Å². The monoisotopic (exact) mass is 404 g/mol. The molecule has 0 saturated carbocycles. The van der Waals surface area contributed by atoms with E-state index in [2.05, 4.69) is 28.4 Å². The summed E-state index contributed by atoms with van der Waals surface area (Å²) < 4.78 is 0. The number of piperidine rings is 1.